The fraction of sp³-hybridized carbons (Fsp3) is 0.292. The van der Waals surface area contributed by atoms with Crippen LogP contribution in [-0.4, -0.2) is 52.6 Å². The Balaban J connectivity index is 1.63. The Kier molecular flexibility index (Phi) is 5.65. The number of halogens is 2. The zero-order chi connectivity index (χ0) is 25.6. The molecule has 4 aromatic heterocycles. The van der Waals surface area contributed by atoms with Crippen LogP contribution in [0.5, 0.6) is 5.75 Å². The van der Waals surface area contributed by atoms with Gasteiger partial charge in [0.1, 0.15) is 22.7 Å². The minimum Gasteiger partial charge on any atom is -0.435 e. The molecule has 0 aliphatic rings. The number of aromatic nitrogens is 7. The summed E-state index contributed by atoms with van der Waals surface area (Å²) in [5, 5.41) is 12.4. The van der Waals surface area contributed by atoms with Gasteiger partial charge in [0.15, 0.2) is 5.65 Å². The average Bonchev–Trinajstić information content (AvgIpc) is 3.49. The minimum absolute atomic E-state index is 0.000559. The molecular formula is C24H24F2N8O2. The van der Waals surface area contributed by atoms with E-state index < -0.39 is 12.2 Å². The number of rotatable bonds is 6. The van der Waals surface area contributed by atoms with Crippen LogP contribution in [0.25, 0.3) is 33.5 Å². The van der Waals surface area contributed by atoms with Crippen LogP contribution >= 0.6 is 0 Å². The molecule has 0 aliphatic carbocycles. The number of carbonyl (C=O) groups is 1. The van der Waals surface area contributed by atoms with Crippen molar-refractivity contribution >= 4 is 28.0 Å². The van der Waals surface area contributed by atoms with Crippen molar-refractivity contribution in [3.05, 3.63) is 54.1 Å². The van der Waals surface area contributed by atoms with Gasteiger partial charge in [-0.3, -0.25) is 14.2 Å². The molecule has 36 heavy (non-hydrogen) atoms. The Morgan fingerprint density at radius 3 is 2.75 bits per heavy atom. The summed E-state index contributed by atoms with van der Waals surface area (Å²) in [6.45, 7) is 3.10. The summed E-state index contributed by atoms with van der Waals surface area (Å²) in [7, 11) is 1.82. The van der Waals surface area contributed by atoms with Crippen LogP contribution in [0, 0.1) is 0 Å². The van der Waals surface area contributed by atoms with Crippen molar-refractivity contribution in [3.63, 3.8) is 0 Å². The summed E-state index contributed by atoms with van der Waals surface area (Å²) in [4.78, 5) is 24.9. The first-order chi connectivity index (χ1) is 17.1. The molecule has 12 heteroatoms. The van der Waals surface area contributed by atoms with Gasteiger partial charge in [0, 0.05) is 35.9 Å². The lowest BCUT2D eigenvalue weighted by molar-refractivity contribution is -0.0497. The van der Waals surface area contributed by atoms with Crippen LogP contribution in [0.4, 0.5) is 8.78 Å². The topological polar surface area (TPSA) is 116 Å². The fourth-order valence-electron chi connectivity index (χ4n) is 3.96. The zero-order valence-electron chi connectivity index (χ0n) is 20.1. The molecule has 10 nitrogen and oxygen atoms in total. The quantitative estimate of drug-likeness (QED) is 0.370. The van der Waals surface area contributed by atoms with E-state index in [1.165, 1.54) is 18.3 Å². The third-order valence-corrected chi connectivity index (χ3v) is 5.39. The molecule has 0 spiro atoms. The molecular weight excluding hydrogens is 470 g/mol. The molecule has 0 unspecified atom stereocenters. The largest absolute Gasteiger partial charge is 0.435 e. The maximum absolute atomic E-state index is 12.9. The second-order valence-corrected chi connectivity index (χ2v) is 9.44. The first-order valence-electron chi connectivity index (χ1n) is 11.2. The molecule has 2 N–H and O–H groups in total. The van der Waals surface area contributed by atoms with Crippen molar-refractivity contribution in [1.29, 1.82) is 0 Å². The fourth-order valence-corrected chi connectivity index (χ4v) is 3.96. The Bertz CT molecular complexity index is 1580. The molecule has 0 aliphatic heterocycles. The van der Waals surface area contributed by atoms with Gasteiger partial charge in [-0.05, 0) is 39.0 Å². The number of ether oxygens (including phenoxy) is 1. The van der Waals surface area contributed by atoms with Crippen LogP contribution in [-0.2, 0) is 13.6 Å². The van der Waals surface area contributed by atoms with E-state index in [9.17, 15) is 13.6 Å². The van der Waals surface area contributed by atoms with Gasteiger partial charge in [0.05, 0.1) is 30.0 Å². The number of amides is 1. The van der Waals surface area contributed by atoms with Crippen molar-refractivity contribution < 1.29 is 18.3 Å². The first kappa shape index (κ1) is 23.4. The lowest BCUT2D eigenvalue weighted by Gasteiger charge is -2.19. The van der Waals surface area contributed by atoms with E-state index in [0.29, 0.717) is 45.6 Å². The average molecular weight is 495 g/mol. The van der Waals surface area contributed by atoms with E-state index in [4.69, 9.17) is 5.10 Å². The highest BCUT2D eigenvalue weighted by Crippen LogP contribution is 2.32. The molecule has 1 aromatic carbocycles. The van der Waals surface area contributed by atoms with Crippen molar-refractivity contribution in [2.24, 2.45) is 7.05 Å². The first-order valence-corrected chi connectivity index (χ1v) is 11.2. The van der Waals surface area contributed by atoms with E-state index in [-0.39, 0.29) is 11.7 Å². The van der Waals surface area contributed by atoms with Crippen LogP contribution in [0.2, 0.25) is 0 Å². The van der Waals surface area contributed by atoms with Crippen molar-refractivity contribution in [3.8, 4) is 17.1 Å². The second-order valence-electron chi connectivity index (χ2n) is 9.44. The number of aromatic amines is 1. The monoisotopic (exact) mass is 494 g/mol. The molecule has 0 radical (unpaired) electrons. The summed E-state index contributed by atoms with van der Waals surface area (Å²) in [6.07, 6.45) is 6.69. The summed E-state index contributed by atoms with van der Waals surface area (Å²) in [5.74, 6) is -0.291. The highest BCUT2D eigenvalue weighted by atomic mass is 19.3. The molecule has 186 valence electrons. The number of fused-ring (bicyclic) bond motifs is 2. The second kappa shape index (κ2) is 8.70. The maximum atomic E-state index is 12.9. The van der Waals surface area contributed by atoms with Gasteiger partial charge in [-0.2, -0.15) is 19.0 Å². The highest BCUT2D eigenvalue weighted by Gasteiger charge is 2.22. The molecule has 4 heterocycles. The summed E-state index contributed by atoms with van der Waals surface area (Å²) in [5.41, 5.74) is 3.14. The molecule has 0 saturated heterocycles. The number of nitrogens with one attached hydrogen (secondary N) is 2. The summed E-state index contributed by atoms with van der Waals surface area (Å²) in [6, 6.07) is 4.64. The smallest absolute Gasteiger partial charge is 0.387 e. The Morgan fingerprint density at radius 1 is 1.25 bits per heavy atom. The zero-order valence-corrected chi connectivity index (χ0v) is 20.1. The number of benzene rings is 1. The maximum Gasteiger partial charge on any atom is 0.387 e. The SMILES string of the molecule is Cn1cc(Cn2nc(-c3cnc4[nH]cc(C(=O)NC(C)(C)C)c4n3)c3cc(OC(F)F)ccc32)cn1. The van der Waals surface area contributed by atoms with E-state index >= 15 is 0 Å². The van der Waals surface area contributed by atoms with Gasteiger partial charge in [-0.25, -0.2) is 9.97 Å². The van der Waals surface area contributed by atoms with Crippen LogP contribution in [0.3, 0.4) is 0 Å². The molecule has 5 aromatic rings. The van der Waals surface area contributed by atoms with Gasteiger partial charge < -0.3 is 15.0 Å². The van der Waals surface area contributed by atoms with Crippen molar-refractivity contribution in [2.45, 2.75) is 39.5 Å². The third-order valence-electron chi connectivity index (χ3n) is 5.39. The molecule has 0 fully saturated rings. The van der Waals surface area contributed by atoms with E-state index in [2.05, 4.69) is 30.1 Å². The molecule has 0 saturated carbocycles. The number of alkyl halides is 2. The number of hydrogen-bond acceptors (Lipinski definition) is 6. The number of hydrogen-bond donors (Lipinski definition) is 2. The van der Waals surface area contributed by atoms with Crippen LogP contribution in [0.1, 0.15) is 36.7 Å². The summed E-state index contributed by atoms with van der Waals surface area (Å²) < 4.78 is 33.8. The van der Waals surface area contributed by atoms with E-state index in [1.807, 2.05) is 34.0 Å². The predicted molar refractivity (Wildman–Crippen MR) is 129 cm³/mol. The Labute approximate surface area is 204 Å². The van der Waals surface area contributed by atoms with Crippen LogP contribution < -0.4 is 10.1 Å². The third kappa shape index (κ3) is 4.61. The van der Waals surface area contributed by atoms with Gasteiger partial charge >= 0.3 is 6.61 Å². The van der Waals surface area contributed by atoms with E-state index in [1.54, 1.807) is 27.8 Å². The molecule has 0 bridgehead atoms. The van der Waals surface area contributed by atoms with Crippen LogP contribution in [0.15, 0.2) is 43.0 Å². The van der Waals surface area contributed by atoms with Crippen molar-refractivity contribution in [1.82, 2.24) is 39.8 Å². The lowest BCUT2D eigenvalue weighted by atomic mass is 10.1. The standard InChI is InChI=1S/C24H24F2N8O2/c1-24(2,3)31-22(35)16-9-27-21-20(16)30-17(10-28-21)19-15-7-14(36-23(25)26)5-6-18(15)34(32-19)12-13-8-29-33(4)11-13/h5-11,23H,12H2,1-4H3,(H,27,28)(H,31,35). The van der Waals surface area contributed by atoms with Gasteiger partial charge in [-0.1, -0.05) is 0 Å². The van der Waals surface area contributed by atoms with Gasteiger partial charge in [0.25, 0.3) is 5.91 Å². The normalized spacial score (nSPS) is 12.1. The predicted octanol–water partition coefficient (Wildman–Crippen LogP) is 3.89. The number of nitrogens with zero attached hydrogens (tertiary/aromatic N) is 6. The number of aryl methyl sites for hydroxylation is 1. The van der Waals surface area contributed by atoms with E-state index in [0.717, 1.165) is 5.56 Å². The Morgan fingerprint density at radius 2 is 2.06 bits per heavy atom. The molecule has 1 amide bonds. The van der Waals surface area contributed by atoms with Gasteiger partial charge in [-0.15, -0.1) is 0 Å². The minimum atomic E-state index is -2.96. The van der Waals surface area contributed by atoms with Crippen molar-refractivity contribution in [2.75, 3.05) is 0 Å². The molecule has 5 rings (SSSR count). The lowest BCUT2D eigenvalue weighted by Crippen LogP contribution is -2.40. The number of H-pyrrole nitrogens is 1. The summed E-state index contributed by atoms with van der Waals surface area (Å²) >= 11 is 0. The Hall–Kier alpha value is -4.35. The highest BCUT2D eigenvalue weighted by molar-refractivity contribution is 6.05. The number of carbonyl (C=O) groups excluding carboxylic acids is 1. The van der Waals surface area contributed by atoms with Gasteiger partial charge in [0.2, 0.25) is 0 Å². The molecule has 0 atom stereocenters.